The number of hydrogen-bond acceptors (Lipinski definition) is 16. The number of phosphoric ester groups is 1. The minimum atomic E-state index is -4.76. The number of likely N-dealkylation sites (tertiary alicyclic amines) is 4. The Morgan fingerprint density at radius 2 is 0.847 bits per heavy atom. The quantitative estimate of drug-likeness (QED) is 0.0173. The largest absolute Gasteiger partial charge is 0.779 e. The Morgan fingerprint density at radius 1 is 0.475 bits per heavy atom. The molecule has 12 atom stereocenters. The molecule has 4 aliphatic carbocycles. The molecule has 0 amide bonds. The van der Waals surface area contributed by atoms with Gasteiger partial charge in [-0.3, -0.25) is 36.9 Å². The first-order valence-corrected chi connectivity index (χ1v) is 50.5. The molecule has 19 nitrogen and oxygen atoms in total. The van der Waals surface area contributed by atoms with Crippen LogP contribution in [0.3, 0.4) is 0 Å². The number of quaternary nitrogens is 2. The summed E-state index contributed by atoms with van der Waals surface area (Å²) in [6, 6.07) is 49.1. The second-order valence-corrected chi connectivity index (χ2v) is 40.7. The zero-order valence-corrected chi connectivity index (χ0v) is 76.9. The number of halogens is 3. The van der Waals surface area contributed by atoms with Crippen molar-refractivity contribution in [3.8, 4) is 34.5 Å². The van der Waals surface area contributed by atoms with Crippen LogP contribution in [0.2, 0.25) is 0 Å². The van der Waals surface area contributed by atoms with Crippen molar-refractivity contribution in [1.82, 2.24) is 9.80 Å². The predicted octanol–water partition coefficient (Wildman–Crippen LogP) is 19.1. The van der Waals surface area contributed by atoms with Gasteiger partial charge >= 0.3 is 0 Å². The molecule has 0 radical (unpaired) electrons. The number of aryl methyl sites for hydroxylation is 2. The van der Waals surface area contributed by atoms with Gasteiger partial charge in [-0.2, -0.15) is 0 Å². The number of aromatic hydroxyl groups is 4. The standard InChI is InChI=1S/C26H36NO4P.C24H31NO.C17H26NO6P.C16H23NO2.C7H7Br.C3H8ClO2P.ClH/c1-4-14-27(19-31-32(3,28)29)15-8-11-23-16-24-22(17-25(23)27)13-12-20(2)26(24)30-18-21-9-6-5-7-10-21;1-3-13-25-14-7-10-21-15-22-20(16-23(21)25)12-11-18(2)24(22)26-17-19-8-5-4-6-9-19;1-2-7-18(11-24-25(21,22)23)8-3-4-13-9-14-12(10-15(13)18)5-6-16(19)17(14)20;1-2-7-17-8-3-4-12-9-13-11(10-14(12)17)5-6-15(18)16(13)19;8-6-7-4-2-1-3-5-7;1-7(2,5)6-3-4;/h5-7,9-10,12-13,23,25H,4,8,11,14-19H2,1-3H3;4-6,8-9,11-12,21,23H,3,7,10,13-17H2,1-2H3;5-6,13,15H,2-4,7-11H2,1H3,(H3-,19,20,21,22,23);5-6,12,14,18-19H,2-4,7-10H2,1H3;1-5H,6H2;3H2,1-2H3;1H/t23-,25+,27-;21-,23-;13-,15+,18-;12-,14-;;;/m1111.../s1. The lowest BCUT2D eigenvalue weighted by Gasteiger charge is -2.53. The first-order valence-electron chi connectivity index (χ1n) is 42.8. The molecule has 15 rings (SSSR count). The maximum atomic E-state index is 11.8. The number of fused-ring (bicyclic) bond motifs is 8. The highest BCUT2D eigenvalue weighted by molar-refractivity contribution is 9.08. The Bertz CT molecular complexity index is 4440. The smallest absolute Gasteiger partial charge is 0.269 e. The number of alkyl halides is 2. The Kier molecular flexibility index (Phi) is 37.1. The monoisotopic (exact) mass is 1790 g/mol. The Balaban J connectivity index is 0.000000170. The lowest BCUT2D eigenvalue weighted by atomic mass is 9.73. The van der Waals surface area contributed by atoms with Crippen molar-refractivity contribution in [2.45, 2.75) is 213 Å². The van der Waals surface area contributed by atoms with Crippen LogP contribution in [0.1, 0.15) is 177 Å². The lowest BCUT2D eigenvalue weighted by Crippen LogP contribution is -2.64. The van der Waals surface area contributed by atoms with Gasteiger partial charge in [-0.25, -0.2) is 0 Å². The van der Waals surface area contributed by atoms with E-state index in [4.69, 9.17) is 35.0 Å². The van der Waals surface area contributed by atoms with Crippen molar-refractivity contribution in [2.24, 2.45) is 23.7 Å². The topological polar surface area (TPSA) is 251 Å². The number of rotatable bonds is 23. The molecule has 5 N–H and O–H groups in total. The zero-order chi connectivity index (χ0) is 84.1. The van der Waals surface area contributed by atoms with Crippen molar-refractivity contribution < 1.29 is 80.8 Å². The lowest BCUT2D eigenvalue weighted by molar-refractivity contribution is -0.973. The van der Waals surface area contributed by atoms with Crippen LogP contribution in [0.5, 0.6) is 34.5 Å². The summed E-state index contributed by atoms with van der Waals surface area (Å²) in [6.45, 7) is 27.3. The van der Waals surface area contributed by atoms with Gasteiger partial charge in [-0.15, -0.1) is 12.4 Å². The number of ether oxygens (including phenoxy) is 2. The molecule has 2 unspecified atom stereocenters. The first kappa shape index (κ1) is 96.5. The molecule has 0 saturated carbocycles. The molecule has 4 fully saturated rings. The van der Waals surface area contributed by atoms with Crippen LogP contribution in [0, 0.1) is 37.5 Å². The SMILES string of the molecule is BrCc1ccccc1.CCCN1CCC[C@@H]2Cc3c(ccc(C)c3OCc3ccccc3)C[C@H]21.CCCN1CCC[C@@H]2Cc3c(ccc(O)c3O)C[C@H]21.CCC[N@+]1(COP(=O)([O-])O)CCC[C@@H]2Cc3c(ccc(O)c3O)C[C@@H]21.CCC[N@+]1(COP(C)(=O)[O-])CCC[C@@H]2Cc3c(ccc(C)c3OCc3ccccc3)C[C@@H]21.CP(C)(=O)OCCl.Cl. The molecule has 4 saturated heterocycles. The van der Waals surface area contributed by atoms with E-state index in [1.807, 2.05) is 48.5 Å². The fourth-order valence-corrected chi connectivity index (χ4v) is 22.3. The zero-order valence-electron chi connectivity index (χ0n) is 71.1. The molecule has 118 heavy (non-hydrogen) atoms. The summed E-state index contributed by atoms with van der Waals surface area (Å²) in [5, 5.41) is 40.6. The molecular formula is C93H132BrCl2N4O15P3. The molecular weight excluding hydrogens is 1660 g/mol. The number of phenols is 4. The third-order valence-corrected chi connectivity index (χ3v) is 28.2. The highest BCUT2D eigenvalue weighted by Crippen LogP contribution is 2.49. The molecule has 0 spiro atoms. The highest BCUT2D eigenvalue weighted by atomic mass is 79.9. The van der Waals surface area contributed by atoms with E-state index in [1.54, 1.807) is 6.07 Å². The van der Waals surface area contributed by atoms with E-state index in [1.165, 1.54) is 166 Å². The highest BCUT2D eigenvalue weighted by Gasteiger charge is 2.50. The summed E-state index contributed by atoms with van der Waals surface area (Å²) in [5.74, 6) is 4.44. The van der Waals surface area contributed by atoms with E-state index in [2.05, 4.69) is 151 Å². The summed E-state index contributed by atoms with van der Waals surface area (Å²) >= 11 is 8.45. The van der Waals surface area contributed by atoms with E-state index < -0.39 is 22.8 Å². The summed E-state index contributed by atoms with van der Waals surface area (Å²) in [4.78, 5) is 37.4. The second kappa shape index (κ2) is 45.4. The summed E-state index contributed by atoms with van der Waals surface area (Å²) in [5.41, 5.74) is 15.9. The van der Waals surface area contributed by atoms with Gasteiger partial charge in [0.2, 0.25) is 0 Å². The Labute approximate surface area is 723 Å². The molecule has 25 heteroatoms. The average Bonchev–Trinajstić information content (AvgIpc) is 0.751. The van der Waals surface area contributed by atoms with Crippen LogP contribution in [0.4, 0.5) is 0 Å². The molecule has 4 aliphatic heterocycles. The van der Waals surface area contributed by atoms with E-state index >= 15 is 0 Å². The number of hydrogen-bond donors (Lipinski definition) is 5. The number of phenolic OH excluding ortho intramolecular Hbond substituents is 4. The van der Waals surface area contributed by atoms with Gasteiger partial charge in [-0.1, -0.05) is 183 Å². The van der Waals surface area contributed by atoms with Gasteiger partial charge in [0.05, 0.1) is 38.3 Å². The molecule has 7 aromatic rings. The normalized spacial score (nSPS) is 24.4. The third kappa shape index (κ3) is 26.4. The number of benzene rings is 7. The average molecular weight is 1790 g/mol. The minimum Gasteiger partial charge on any atom is -0.779 e. The second-order valence-electron chi connectivity index (χ2n) is 34.2. The van der Waals surface area contributed by atoms with Gasteiger partial charge in [0, 0.05) is 73.2 Å². The Hall–Kier alpha value is -5.31. The number of phosphoric acid groups is 1. The van der Waals surface area contributed by atoms with E-state index in [0.717, 1.165) is 134 Å². The molecule has 4 heterocycles. The van der Waals surface area contributed by atoms with Crippen molar-refractivity contribution in [2.75, 3.05) is 91.9 Å². The van der Waals surface area contributed by atoms with Gasteiger partial charge in [-0.05, 0) is 241 Å². The van der Waals surface area contributed by atoms with Crippen molar-refractivity contribution in [3.05, 3.63) is 212 Å². The van der Waals surface area contributed by atoms with Crippen LogP contribution in [-0.4, -0.2) is 160 Å². The number of piperidine rings is 4. The van der Waals surface area contributed by atoms with Crippen molar-refractivity contribution in [1.29, 1.82) is 0 Å². The van der Waals surface area contributed by atoms with Gasteiger partial charge in [0.1, 0.15) is 38.4 Å². The third-order valence-electron chi connectivity index (χ3n) is 25.5. The van der Waals surface area contributed by atoms with Gasteiger partial charge in [0.25, 0.3) is 7.82 Å². The van der Waals surface area contributed by atoms with E-state index in [-0.39, 0.29) is 66.9 Å². The maximum absolute atomic E-state index is 11.8. The number of nitrogens with zero attached hydrogens (tertiary/aromatic N) is 4. The van der Waals surface area contributed by atoms with Crippen LogP contribution < -0.4 is 19.3 Å². The Morgan fingerprint density at radius 3 is 1.23 bits per heavy atom. The van der Waals surface area contributed by atoms with Crippen LogP contribution in [0.15, 0.2) is 140 Å². The van der Waals surface area contributed by atoms with Crippen molar-refractivity contribution >= 4 is 62.7 Å². The summed E-state index contributed by atoms with van der Waals surface area (Å²) in [7, 11) is -10.8. The summed E-state index contributed by atoms with van der Waals surface area (Å²) in [6.07, 6.45) is 21.5. The van der Waals surface area contributed by atoms with Gasteiger partial charge < -0.3 is 53.7 Å². The first-order chi connectivity index (χ1) is 56.0. The van der Waals surface area contributed by atoms with Crippen LogP contribution in [0.25, 0.3) is 0 Å². The van der Waals surface area contributed by atoms with E-state index in [0.29, 0.717) is 54.5 Å². The molecule has 0 aromatic heterocycles. The van der Waals surface area contributed by atoms with Crippen LogP contribution in [-0.2, 0) is 97.2 Å². The maximum Gasteiger partial charge on any atom is 0.269 e. The molecule has 650 valence electrons. The fourth-order valence-electron chi connectivity index (χ4n) is 20.1. The summed E-state index contributed by atoms with van der Waals surface area (Å²) < 4.78 is 62.3. The molecule has 7 aromatic carbocycles. The van der Waals surface area contributed by atoms with E-state index in [9.17, 15) is 43.9 Å². The van der Waals surface area contributed by atoms with Crippen LogP contribution >= 0.6 is 62.7 Å². The van der Waals surface area contributed by atoms with Gasteiger partial charge in [0.15, 0.2) is 43.8 Å². The molecule has 0 bridgehead atoms. The fraction of sp³-hybridized carbons (Fsp3) is 0.548. The minimum absolute atomic E-state index is 0. The molecule has 8 aliphatic rings. The predicted molar refractivity (Wildman–Crippen MR) is 476 cm³/mol. The van der Waals surface area contributed by atoms with Crippen molar-refractivity contribution in [3.63, 3.8) is 0 Å².